The van der Waals surface area contributed by atoms with Crippen molar-refractivity contribution in [2.45, 2.75) is 0 Å². The van der Waals surface area contributed by atoms with Gasteiger partial charge in [-0.25, -0.2) is 9.59 Å². The molecule has 0 unspecified atom stereocenters. The zero-order chi connectivity index (χ0) is 18.9. The number of rotatable bonds is 4. The van der Waals surface area contributed by atoms with E-state index in [1.54, 1.807) is 0 Å². The molecule has 0 fully saturated rings. The molecule has 0 bridgehead atoms. The van der Waals surface area contributed by atoms with Crippen molar-refractivity contribution >= 4 is 77.0 Å². The molecule has 0 heterocycles. The van der Waals surface area contributed by atoms with E-state index in [0.29, 0.717) is 5.69 Å². The number of nitrogens with two attached hydrogens (primary N) is 1. The van der Waals surface area contributed by atoms with Gasteiger partial charge in [0.25, 0.3) is 5.91 Å². The summed E-state index contributed by atoms with van der Waals surface area (Å²) in [6.45, 7) is 0. The van der Waals surface area contributed by atoms with Crippen LogP contribution in [0.1, 0.15) is 31.1 Å². The number of carbonyl (C=O) groups excluding carboxylic acids is 1. The fourth-order valence-electron chi connectivity index (χ4n) is 1.97. The molecular formula is C15H9Br3N2O5. The summed E-state index contributed by atoms with van der Waals surface area (Å²) >= 11 is 9.21. The molecule has 2 aromatic rings. The van der Waals surface area contributed by atoms with Crippen LogP contribution in [0.5, 0.6) is 0 Å². The normalized spacial score (nSPS) is 10.4. The Morgan fingerprint density at radius 2 is 1.28 bits per heavy atom. The SMILES string of the molecule is Nc1ccc(C(=O)Nc2c(Br)c(C(=O)O)c(Br)c(C(=O)O)c2Br)cc1. The first-order valence-corrected chi connectivity index (χ1v) is 8.87. The Kier molecular flexibility index (Phi) is 5.86. The highest BCUT2D eigenvalue weighted by Crippen LogP contribution is 2.42. The molecule has 25 heavy (non-hydrogen) atoms. The summed E-state index contributed by atoms with van der Waals surface area (Å²) < 4.78 is -0.0863. The number of carboxylic acid groups (broad SMARTS) is 2. The molecule has 5 N–H and O–H groups in total. The molecule has 0 aliphatic rings. The van der Waals surface area contributed by atoms with Crippen LogP contribution in [0, 0.1) is 0 Å². The average molecular weight is 537 g/mol. The second-order valence-corrected chi connectivity index (χ2v) is 7.13. The van der Waals surface area contributed by atoms with Crippen LogP contribution >= 0.6 is 47.8 Å². The van der Waals surface area contributed by atoms with E-state index < -0.39 is 17.8 Å². The molecule has 130 valence electrons. The van der Waals surface area contributed by atoms with Gasteiger partial charge < -0.3 is 21.3 Å². The number of amides is 1. The topological polar surface area (TPSA) is 130 Å². The maximum absolute atomic E-state index is 12.4. The number of carbonyl (C=O) groups is 3. The summed E-state index contributed by atoms with van der Waals surface area (Å²) in [5.74, 6) is -3.29. The van der Waals surface area contributed by atoms with Gasteiger partial charge in [-0.15, -0.1) is 0 Å². The number of hydrogen-bond acceptors (Lipinski definition) is 4. The molecule has 7 nitrogen and oxygen atoms in total. The van der Waals surface area contributed by atoms with E-state index in [0.717, 1.165) is 0 Å². The molecular weight excluding hydrogens is 528 g/mol. The van der Waals surface area contributed by atoms with Crippen molar-refractivity contribution in [3.8, 4) is 0 Å². The van der Waals surface area contributed by atoms with Crippen molar-refractivity contribution in [1.29, 1.82) is 0 Å². The molecule has 0 aliphatic carbocycles. The molecule has 0 aliphatic heterocycles. The third kappa shape index (κ3) is 3.86. The number of aromatic carboxylic acids is 2. The highest BCUT2D eigenvalue weighted by atomic mass is 79.9. The zero-order valence-corrected chi connectivity index (χ0v) is 16.9. The molecule has 2 rings (SSSR count). The molecule has 0 spiro atoms. The highest BCUT2D eigenvalue weighted by molar-refractivity contribution is 9.11. The predicted molar refractivity (Wildman–Crippen MR) is 102 cm³/mol. The second kappa shape index (κ2) is 7.54. The number of nitrogen functional groups attached to an aromatic ring is 1. The lowest BCUT2D eigenvalue weighted by Crippen LogP contribution is -2.16. The van der Waals surface area contributed by atoms with Gasteiger partial charge in [0.2, 0.25) is 0 Å². The minimum Gasteiger partial charge on any atom is -0.478 e. The quantitative estimate of drug-likeness (QED) is 0.433. The number of halogens is 3. The van der Waals surface area contributed by atoms with Crippen molar-refractivity contribution in [3.05, 3.63) is 54.4 Å². The number of carboxylic acids is 2. The number of anilines is 2. The van der Waals surface area contributed by atoms with Gasteiger partial charge in [0.05, 0.1) is 25.8 Å². The van der Waals surface area contributed by atoms with E-state index in [2.05, 4.69) is 53.1 Å². The molecule has 2 aromatic carbocycles. The van der Waals surface area contributed by atoms with Crippen molar-refractivity contribution < 1.29 is 24.6 Å². The Hall–Kier alpha value is -1.91. The Morgan fingerprint density at radius 3 is 1.68 bits per heavy atom. The van der Waals surface area contributed by atoms with Crippen LogP contribution < -0.4 is 11.1 Å². The summed E-state index contributed by atoms with van der Waals surface area (Å²) in [6, 6.07) is 6.04. The standard InChI is InChI=1S/C15H9Br3N2O5/c16-9-7(14(22)23)10(17)12(11(18)8(9)15(24)25)20-13(21)5-1-3-6(19)4-2-5/h1-4H,19H2,(H,20,21)(H,22,23)(H,24,25). The Morgan fingerprint density at radius 1 is 0.840 bits per heavy atom. The van der Waals surface area contributed by atoms with Gasteiger partial charge in [-0.3, -0.25) is 4.79 Å². The van der Waals surface area contributed by atoms with E-state index in [4.69, 9.17) is 5.73 Å². The van der Waals surface area contributed by atoms with Gasteiger partial charge in [-0.05, 0) is 72.1 Å². The van der Waals surface area contributed by atoms with Crippen molar-refractivity contribution in [2.75, 3.05) is 11.1 Å². The van der Waals surface area contributed by atoms with Gasteiger partial charge >= 0.3 is 11.9 Å². The molecule has 0 atom stereocenters. The molecule has 0 saturated heterocycles. The maximum Gasteiger partial charge on any atom is 0.338 e. The lowest BCUT2D eigenvalue weighted by Gasteiger charge is -2.16. The van der Waals surface area contributed by atoms with Gasteiger partial charge in [0, 0.05) is 15.7 Å². The van der Waals surface area contributed by atoms with Gasteiger partial charge in [-0.2, -0.15) is 0 Å². The number of nitrogens with one attached hydrogen (secondary N) is 1. The summed E-state index contributed by atoms with van der Waals surface area (Å²) in [5, 5.41) is 21.2. The second-order valence-electron chi connectivity index (χ2n) is 4.75. The van der Waals surface area contributed by atoms with E-state index >= 15 is 0 Å². The van der Waals surface area contributed by atoms with Gasteiger partial charge in [0.1, 0.15) is 0 Å². The van der Waals surface area contributed by atoms with Crippen molar-refractivity contribution in [2.24, 2.45) is 0 Å². The van der Waals surface area contributed by atoms with Crippen LogP contribution in [-0.2, 0) is 0 Å². The summed E-state index contributed by atoms with van der Waals surface area (Å²) in [6.07, 6.45) is 0. The van der Waals surface area contributed by atoms with E-state index in [-0.39, 0.29) is 35.8 Å². The third-order valence-electron chi connectivity index (χ3n) is 3.16. The number of benzene rings is 2. The van der Waals surface area contributed by atoms with Crippen LogP contribution in [0.2, 0.25) is 0 Å². The first-order valence-electron chi connectivity index (χ1n) is 6.49. The largest absolute Gasteiger partial charge is 0.478 e. The molecule has 0 aromatic heterocycles. The van der Waals surface area contributed by atoms with Crippen LogP contribution in [-0.4, -0.2) is 28.1 Å². The summed E-state index contributed by atoms with van der Waals surface area (Å²) in [5.41, 5.74) is 5.65. The third-order valence-corrected chi connectivity index (χ3v) is 5.54. The first-order chi connectivity index (χ1) is 11.6. The molecule has 0 radical (unpaired) electrons. The smallest absolute Gasteiger partial charge is 0.338 e. The van der Waals surface area contributed by atoms with Crippen LogP contribution in [0.25, 0.3) is 0 Å². The van der Waals surface area contributed by atoms with E-state index in [1.807, 2.05) is 0 Å². The van der Waals surface area contributed by atoms with E-state index in [9.17, 15) is 24.6 Å². The molecule has 1 amide bonds. The Bertz CT molecular complexity index is 856. The van der Waals surface area contributed by atoms with Crippen LogP contribution in [0.15, 0.2) is 37.7 Å². The van der Waals surface area contributed by atoms with Gasteiger partial charge in [0.15, 0.2) is 0 Å². The van der Waals surface area contributed by atoms with Crippen molar-refractivity contribution in [1.82, 2.24) is 0 Å². The fourth-order valence-corrected chi connectivity index (χ4v) is 4.83. The molecule has 10 heteroatoms. The Labute approximate surface area is 166 Å². The molecule has 0 saturated carbocycles. The van der Waals surface area contributed by atoms with Gasteiger partial charge in [-0.1, -0.05) is 0 Å². The highest BCUT2D eigenvalue weighted by Gasteiger charge is 2.28. The average Bonchev–Trinajstić information content (AvgIpc) is 2.51. The predicted octanol–water partition coefficient (Wildman–Crippen LogP) is 4.21. The monoisotopic (exact) mass is 534 g/mol. The maximum atomic E-state index is 12.4. The Balaban J connectivity index is 2.60. The fraction of sp³-hybridized carbons (Fsp3) is 0. The van der Waals surface area contributed by atoms with E-state index in [1.165, 1.54) is 24.3 Å². The minimum absolute atomic E-state index is 0.0141. The van der Waals surface area contributed by atoms with Crippen molar-refractivity contribution in [3.63, 3.8) is 0 Å². The minimum atomic E-state index is -1.36. The number of hydrogen-bond donors (Lipinski definition) is 4. The zero-order valence-electron chi connectivity index (χ0n) is 12.1. The first kappa shape index (κ1) is 19.4. The van der Waals surface area contributed by atoms with Crippen LogP contribution in [0.4, 0.5) is 11.4 Å². The van der Waals surface area contributed by atoms with Crippen LogP contribution in [0.3, 0.4) is 0 Å². The summed E-state index contributed by atoms with van der Waals surface area (Å²) in [7, 11) is 0. The lowest BCUT2D eigenvalue weighted by molar-refractivity contribution is 0.0694. The summed E-state index contributed by atoms with van der Waals surface area (Å²) in [4.78, 5) is 35.3. The lowest BCUT2D eigenvalue weighted by atomic mass is 10.1.